The van der Waals surface area contributed by atoms with E-state index in [-0.39, 0.29) is 12.4 Å². The Kier molecular flexibility index (Phi) is 6.50. The van der Waals surface area contributed by atoms with Crippen molar-refractivity contribution in [2.75, 3.05) is 20.3 Å². The van der Waals surface area contributed by atoms with E-state index in [1.807, 2.05) is 19.9 Å². The van der Waals surface area contributed by atoms with E-state index in [0.29, 0.717) is 23.4 Å². The largest absolute Gasteiger partial charge is 0.454 e. The first-order valence-corrected chi connectivity index (χ1v) is 9.20. The van der Waals surface area contributed by atoms with Crippen molar-refractivity contribution in [2.24, 2.45) is 0 Å². The highest BCUT2D eigenvalue weighted by molar-refractivity contribution is 6.00. The van der Waals surface area contributed by atoms with E-state index in [2.05, 4.69) is 20.1 Å². The predicted molar refractivity (Wildman–Crippen MR) is 104 cm³/mol. The summed E-state index contributed by atoms with van der Waals surface area (Å²) in [7, 11) is 1.66. The predicted octanol–water partition coefficient (Wildman–Crippen LogP) is 2.16. The lowest BCUT2D eigenvalue weighted by Gasteiger charge is -2.09. The lowest BCUT2D eigenvalue weighted by Crippen LogP contribution is -2.15. The van der Waals surface area contributed by atoms with Crippen LogP contribution in [0.1, 0.15) is 38.5 Å². The van der Waals surface area contributed by atoms with Gasteiger partial charge >= 0.3 is 5.97 Å². The molecule has 0 aliphatic rings. The molecule has 29 heavy (non-hydrogen) atoms. The summed E-state index contributed by atoms with van der Waals surface area (Å²) in [6.45, 7) is 4.97. The maximum Gasteiger partial charge on any atom is 0.338 e. The second-order valence-corrected chi connectivity index (χ2v) is 6.58. The van der Waals surface area contributed by atoms with E-state index < -0.39 is 5.97 Å². The van der Waals surface area contributed by atoms with Crippen LogP contribution in [-0.2, 0) is 16.0 Å². The van der Waals surface area contributed by atoms with Crippen molar-refractivity contribution in [1.82, 2.24) is 24.8 Å². The second-order valence-electron chi connectivity index (χ2n) is 6.58. The van der Waals surface area contributed by atoms with Gasteiger partial charge in [0.2, 0.25) is 5.78 Å². The van der Waals surface area contributed by atoms with Crippen LogP contribution in [0.15, 0.2) is 36.7 Å². The number of hydrogen-bond acceptors (Lipinski definition) is 7. The quantitative estimate of drug-likeness (QED) is 0.310. The topological polar surface area (TPSA) is 101 Å². The van der Waals surface area contributed by atoms with Crippen molar-refractivity contribution in [2.45, 2.75) is 26.8 Å². The van der Waals surface area contributed by atoms with Crippen LogP contribution in [0.2, 0.25) is 0 Å². The fourth-order valence-electron chi connectivity index (χ4n) is 3.12. The van der Waals surface area contributed by atoms with Gasteiger partial charge in [-0.1, -0.05) is 0 Å². The molecular formula is C20H23N5O4. The van der Waals surface area contributed by atoms with E-state index >= 15 is 0 Å². The van der Waals surface area contributed by atoms with Gasteiger partial charge in [0.25, 0.3) is 0 Å². The number of esters is 1. The molecule has 0 bridgehead atoms. The number of nitrogens with zero attached hydrogens (tertiary/aromatic N) is 5. The van der Waals surface area contributed by atoms with Gasteiger partial charge in [-0.3, -0.25) is 4.79 Å². The fraction of sp³-hybridized carbons (Fsp3) is 0.350. The molecule has 0 saturated heterocycles. The number of rotatable bonds is 9. The maximum atomic E-state index is 12.6. The Morgan fingerprint density at radius 3 is 2.55 bits per heavy atom. The Hall–Kier alpha value is -3.33. The lowest BCUT2D eigenvalue weighted by atomic mass is 10.1. The van der Waals surface area contributed by atoms with Gasteiger partial charge in [-0.25, -0.2) is 9.48 Å². The van der Waals surface area contributed by atoms with Gasteiger partial charge in [-0.15, -0.1) is 5.10 Å². The minimum absolute atomic E-state index is 0.227. The highest BCUT2D eigenvalue weighted by Gasteiger charge is 2.18. The lowest BCUT2D eigenvalue weighted by molar-refractivity contribution is 0.0474. The number of carbonyl (C=O) groups is 2. The number of methoxy groups -OCH3 is 1. The molecule has 3 rings (SSSR count). The van der Waals surface area contributed by atoms with E-state index in [0.717, 1.165) is 24.4 Å². The van der Waals surface area contributed by atoms with Gasteiger partial charge in [0.1, 0.15) is 6.33 Å². The van der Waals surface area contributed by atoms with Crippen molar-refractivity contribution in [1.29, 1.82) is 0 Å². The summed E-state index contributed by atoms with van der Waals surface area (Å²) in [5.41, 5.74) is 3.49. The third-order valence-electron chi connectivity index (χ3n) is 4.66. The van der Waals surface area contributed by atoms with Gasteiger partial charge < -0.3 is 14.0 Å². The van der Waals surface area contributed by atoms with Crippen molar-refractivity contribution in [3.05, 3.63) is 59.2 Å². The number of hydrogen-bond donors (Lipinski definition) is 0. The van der Waals surface area contributed by atoms with Gasteiger partial charge in [0.05, 0.1) is 11.3 Å². The van der Waals surface area contributed by atoms with E-state index in [1.54, 1.807) is 31.4 Å². The van der Waals surface area contributed by atoms with Gasteiger partial charge in [-0.05, 0) is 61.0 Å². The number of tetrazole rings is 1. The number of ether oxygens (including phenoxy) is 2. The van der Waals surface area contributed by atoms with Crippen LogP contribution >= 0.6 is 0 Å². The minimum Gasteiger partial charge on any atom is -0.454 e. The molecule has 0 atom stereocenters. The molecule has 9 heteroatoms. The smallest absolute Gasteiger partial charge is 0.338 e. The fourth-order valence-corrected chi connectivity index (χ4v) is 3.12. The minimum atomic E-state index is -0.560. The average Bonchev–Trinajstić information content (AvgIpc) is 3.36. The van der Waals surface area contributed by atoms with E-state index in [9.17, 15) is 9.59 Å². The van der Waals surface area contributed by atoms with Crippen LogP contribution in [0, 0.1) is 13.8 Å². The molecule has 0 amide bonds. The van der Waals surface area contributed by atoms with Gasteiger partial charge in [0, 0.05) is 37.2 Å². The number of benzene rings is 1. The molecule has 9 nitrogen and oxygen atoms in total. The SMILES string of the molecule is COCCCn1c(C)cc(C(=O)COC(=O)c2ccc(-n3cnnn3)cc2)c1C. The summed E-state index contributed by atoms with van der Waals surface area (Å²) in [6, 6.07) is 8.43. The van der Waals surface area contributed by atoms with E-state index in [4.69, 9.17) is 9.47 Å². The molecule has 3 aromatic rings. The summed E-state index contributed by atoms with van der Waals surface area (Å²) in [6.07, 6.45) is 2.31. The van der Waals surface area contributed by atoms with Crippen LogP contribution < -0.4 is 0 Å². The van der Waals surface area contributed by atoms with Gasteiger partial charge in [-0.2, -0.15) is 0 Å². The van der Waals surface area contributed by atoms with Crippen LogP contribution in [0.3, 0.4) is 0 Å². The zero-order valence-electron chi connectivity index (χ0n) is 16.7. The molecule has 0 spiro atoms. The van der Waals surface area contributed by atoms with Crippen LogP contribution in [-0.4, -0.2) is 56.9 Å². The number of Topliss-reactive ketones (excluding diaryl/α,β-unsaturated/α-hetero) is 1. The van der Waals surface area contributed by atoms with Crippen LogP contribution in [0.4, 0.5) is 0 Å². The summed E-state index contributed by atoms with van der Waals surface area (Å²) < 4.78 is 13.8. The molecule has 2 heterocycles. The Bertz CT molecular complexity index is 977. The van der Waals surface area contributed by atoms with Crippen molar-refractivity contribution < 1.29 is 19.1 Å². The molecule has 0 aliphatic heterocycles. The molecule has 2 aromatic heterocycles. The van der Waals surface area contributed by atoms with Crippen molar-refractivity contribution >= 4 is 11.8 Å². The summed E-state index contributed by atoms with van der Waals surface area (Å²) in [5, 5.41) is 10.9. The molecule has 0 unspecified atom stereocenters. The third-order valence-corrected chi connectivity index (χ3v) is 4.66. The van der Waals surface area contributed by atoms with Crippen molar-refractivity contribution in [3.63, 3.8) is 0 Å². The van der Waals surface area contributed by atoms with Crippen LogP contribution in [0.5, 0.6) is 0 Å². The number of aromatic nitrogens is 5. The zero-order chi connectivity index (χ0) is 20.8. The molecule has 152 valence electrons. The summed E-state index contributed by atoms with van der Waals surface area (Å²) in [5.74, 6) is -0.787. The molecule has 0 saturated carbocycles. The zero-order valence-corrected chi connectivity index (χ0v) is 16.7. The first-order valence-electron chi connectivity index (χ1n) is 9.20. The first kappa shape index (κ1) is 20.4. The summed E-state index contributed by atoms with van der Waals surface area (Å²) >= 11 is 0. The van der Waals surface area contributed by atoms with E-state index in [1.165, 1.54) is 11.0 Å². The number of ketones is 1. The molecule has 0 radical (unpaired) electrons. The molecule has 0 N–H and O–H groups in total. The monoisotopic (exact) mass is 397 g/mol. The standard InChI is InChI=1S/C20H23N5O4/c1-14-11-18(15(2)24(14)9-4-10-28-3)19(26)12-29-20(27)16-5-7-17(8-6-16)25-13-21-22-23-25/h5-8,11,13H,4,9-10,12H2,1-3H3. The van der Waals surface area contributed by atoms with Crippen LogP contribution in [0.25, 0.3) is 5.69 Å². The third kappa shape index (κ3) is 4.75. The highest BCUT2D eigenvalue weighted by atomic mass is 16.5. The maximum absolute atomic E-state index is 12.6. The number of carbonyl (C=O) groups excluding carboxylic acids is 2. The normalized spacial score (nSPS) is 10.9. The Morgan fingerprint density at radius 2 is 1.90 bits per heavy atom. The summed E-state index contributed by atoms with van der Waals surface area (Å²) in [4.78, 5) is 24.8. The molecular weight excluding hydrogens is 374 g/mol. The Balaban J connectivity index is 1.60. The van der Waals surface area contributed by atoms with Gasteiger partial charge in [0.15, 0.2) is 6.61 Å². The first-order chi connectivity index (χ1) is 14.0. The average molecular weight is 397 g/mol. The second kappa shape index (κ2) is 9.24. The molecule has 0 aliphatic carbocycles. The Morgan fingerprint density at radius 1 is 1.14 bits per heavy atom. The highest BCUT2D eigenvalue weighted by Crippen LogP contribution is 2.17. The molecule has 0 fully saturated rings. The van der Waals surface area contributed by atoms with Crippen molar-refractivity contribution in [3.8, 4) is 5.69 Å². The Labute approximate surface area is 168 Å². The number of aryl methyl sites for hydroxylation is 1. The molecule has 1 aromatic carbocycles.